The molecule has 382 valence electrons. The molecule has 6 nitrogen and oxygen atoms in total. The molecule has 0 fully saturated rings. The molecule has 0 rings (SSSR count). The van der Waals surface area contributed by atoms with Crippen LogP contribution in [0.15, 0.2) is 36.5 Å². The van der Waals surface area contributed by atoms with Gasteiger partial charge in [0.1, 0.15) is 6.10 Å². The molecule has 1 amide bonds. The normalized spacial score (nSPS) is 13.4. The van der Waals surface area contributed by atoms with Gasteiger partial charge in [-0.25, -0.2) is 0 Å². The van der Waals surface area contributed by atoms with Crippen LogP contribution in [0.5, 0.6) is 0 Å². The highest BCUT2D eigenvalue weighted by Crippen LogP contribution is 2.18. The number of aliphatic hydroxyl groups is 2. The van der Waals surface area contributed by atoms with Gasteiger partial charge in [0.25, 0.3) is 0 Å². The van der Waals surface area contributed by atoms with Crippen molar-refractivity contribution in [1.82, 2.24) is 5.32 Å². The van der Waals surface area contributed by atoms with Gasteiger partial charge in [0, 0.05) is 6.42 Å². The van der Waals surface area contributed by atoms with E-state index in [2.05, 4.69) is 62.5 Å². The van der Waals surface area contributed by atoms with Crippen LogP contribution in [-0.2, 0) is 14.3 Å². The number of allylic oxidation sites excluding steroid dienone is 6. The lowest BCUT2D eigenvalue weighted by Gasteiger charge is -2.24. The summed E-state index contributed by atoms with van der Waals surface area (Å²) < 4.78 is 5.95. The first-order valence-corrected chi connectivity index (χ1v) is 28.7. The molecule has 0 aliphatic carbocycles. The van der Waals surface area contributed by atoms with Crippen LogP contribution < -0.4 is 5.32 Å². The third kappa shape index (κ3) is 48.3. The molecule has 3 N–H and O–H groups in total. The Balaban J connectivity index is 4.52. The topological polar surface area (TPSA) is 95.9 Å². The smallest absolute Gasteiger partial charge is 0.306 e. The van der Waals surface area contributed by atoms with E-state index in [4.69, 9.17) is 4.74 Å². The van der Waals surface area contributed by atoms with Gasteiger partial charge in [-0.2, -0.15) is 0 Å². The Kier molecular flexibility index (Phi) is 51.5. The van der Waals surface area contributed by atoms with Crippen LogP contribution in [0.3, 0.4) is 0 Å². The van der Waals surface area contributed by atoms with Crippen molar-refractivity contribution in [3.05, 3.63) is 36.5 Å². The quantitative estimate of drug-likeness (QED) is 0.0244. The van der Waals surface area contributed by atoms with E-state index >= 15 is 0 Å². The highest BCUT2D eigenvalue weighted by Gasteiger charge is 2.24. The first-order valence-electron chi connectivity index (χ1n) is 28.7. The summed E-state index contributed by atoms with van der Waals surface area (Å²) in [7, 11) is 0. The molecule has 0 saturated heterocycles. The number of rotatable bonds is 52. The molecule has 0 spiro atoms. The van der Waals surface area contributed by atoms with Gasteiger partial charge >= 0.3 is 5.97 Å². The van der Waals surface area contributed by atoms with Gasteiger partial charge in [0.2, 0.25) is 5.91 Å². The van der Waals surface area contributed by atoms with Gasteiger partial charge < -0.3 is 20.3 Å². The van der Waals surface area contributed by atoms with E-state index in [0.717, 1.165) is 70.6 Å². The summed E-state index contributed by atoms with van der Waals surface area (Å²) in [5.74, 6) is -0.486. The Morgan fingerprint density at radius 3 is 1.22 bits per heavy atom. The van der Waals surface area contributed by atoms with Crippen molar-refractivity contribution in [3.63, 3.8) is 0 Å². The molecule has 3 unspecified atom stereocenters. The highest BCUT2D eigenvalue weighted by atomic mass is 16.5. The Morgan fingerprint density at radius 1 is 0.446 bits per heavy atom. The molecule has 0 saturated carbocycles. The molecule has 3 atom stereocenters. The maximum atomic E-state index is 13.3. The van der Waals surface area contributed by atoms with Crippen molar-refractivity contribution in [2.45, 2.75) is 322 Å². The van der Waals surface area contributed by atoms with Crippen molar-refractivity contribution in [2.75, 3.05) is 6.61 Å². The number of hydrogen-bond acceptors (Lipinski definition) is 5. The van der Waals surface area contributed by atoms with Crippen molar-refractivity contribution in [3.8, 4) is 0 Å². The van der Waals surface area contributed by atoms with Crippen LogP contribution in [0, 0.1) is 0 Å². The number of unbranched alkanes of at least 4 members (excludes halogenated alkanes) is 35. The van der Waals surface area contributed by atoms with Gasteiger partial charge in [-0.1, -0.05) is 250 Å². The molecule has 6 heteroatoms. The highest BCUT2D eigenvalue weighted by molar-refractivity contribution is 5.77. The molecule has 0 aromatic heterocycles. The van der Waals surface area contributed by atoms with Gasteiger partial charge in [-0.3, -0.25) is 9.59 Å². The lowest BCUT2D eigenvalue weighted by Crippen LogP contribution is -2.46. The lowest BCUT2D eigenvalue weighted by atomic mass is 10.0. The molecular weight excluding hydrogens is 803 g/mol. The predicted molar refractivity (Wildman–Crippen MR) is 282 cm³/mol. The SMILES string of the molecule is CCCCC/C=C/C=C/CCCCCCC(CC(=O)NC(CO)C(O)CCCCCCCCCCCCCCCCCC)OC(=O)CCCCCCCCC/C=C/CCCCCCCC. The Hall–Kier alpha value is -1.92. The van der Waals surface area contributed by atoms with E-state index < -0.39 is 18.2 Å². The molecule has 0 radical (unpaired) electrons. The molecular formula is C59H111NO5. The monoisotopic (exact) mass is 914 g/mol. The van der Waals surface area contributed by atoms with Gasteiger partial charge in [0.15, 0.2) is 0 Å². The number of hydrogen-bond donors (Lipinski definition) is 3. The fourth-order valence-electron chi connectivity index (χ4n) is 8.83. The predicted octanol–water partition coefficient (Wildman–Crippen LogP) is 17.6. The summed E-state index contributed by atoms with van der Waals surface area (Å²) in [4.78, 5) is 26.2. The molecule has 65 heavy (non-hydrogen) atoms. The Morgan fingerprint density at radius 2 is 0.785 bits per heavy atom. The molecule has 0 aromatic carbocycles. The summed E-state index contributed by atoms with van der Waals surface area (Å²) >= 11 is 0. The van der Waals surface area contributed by atoms with Crippen molar-refractivity contribution >= 4 is 11.9 Å². The van der Waals surface area contributed by atoms with Gasteiger partial charge in [0.05, 0.1) is 25.2 Å². The molecule has 0 aliphatic rings. The summed E-state index contributed by atoms with van der Waals surface area (Å²) in [6.07, 6.45) is 63.5. The van der Waals surface area contributed by atoms with E-state index in [1.807, 2.05) is 0 Å². The number of ether oxygens (including phenoxy) is 1. The summed E-state index contributed by atoms with van der Waals surface area (Å²) in [5.41, 5.74) is 0. The minimum absolute atomic E-state index is 0.0651. The zero-order chi connectivity index (χ0) is 47.4. The zero-order valence-corrected chi connectivity index (χ0v) is 43.6. The van der Waals surface area contributed by atoms with Crippen LogP contribution in [0.1, 0.15) is 303 Å². The van der Waals surface area contributed by atoms with Crippen molar-refractivity contribution < 1.29 is 24.5 Å². The van der Waals surface area contributed by atoms with Gasteiger partial charge in [-0.15, -0.1) is 0 Å². The largest absolute Gasteiger partial charge is 0.462 e. The second-order valence-corrected chi connectivity index (χ2v) is 19.7. The van der Waals surface area contributed by atoms with E-state index in [-0.39, 0.29) is 24.9 Å². The first-order chi connectivity index (χ1) is 32.0. The van der Waals surface area contributed by atoms with Gasteiger partial charge in [-0.05, 0) is 77.0 Å². The minimum Gasteiger partial charge on any atom is -0.462 e. The number of carbonyl (C=O) groups is 2. The number of carbonyl (C=O) groups excluding carboxylic acids is 2. The minimum atomic E-state index is -0.793. The molecule has 0 heterocycles. The van der Waals surface area contributed by atoms with Crippen LogP contribution >= 0.6 is 0 Å². The summed E-state index contributed by atoms with van der Waals surface area (Å²) in [6.45, 7) is 6.47. The van der Waals surface area contributed by atoms with Crippen LogP contribution in [0.2, 0.25) is 0 Å². The second-order valence-electron chi connectivity index (χ2n) is 19.7. The third-order valence-electron chi connectivity index (χ3n) is 13.2. The standard InChI is InChI=1S/C59H111NO5/c1-4-7-10-13-16-19-22-25-27-29-31-34-37-40-43-46-49-52-59(64)65-55(50-47-44-41-38-35-32-24-21-18-15-12-9-6-3)53-58(63)60-56(54-61)57(62)51-48-45-42-39-36-33-30-28-26-23-20-17-14-11-8-5-2/h18,21,24-25,27,32,55-57,61-62H,4-17,19-20,22-23,26,28-31,33-54H2,1-3H3,(H,60,63)/b21-18+,27-25+,32-24+. The first kappa shape index (κ1) is 63.1. The van der Waals surface area contributed by atoms with Crippen molar-refractivity contribution in [2.24, 2.45) is 0 Å². The lowest BCUT2D eigenvalue weighted by molar-refractivity contribution is -0.151. The molecule has 0 aliphatic heterocycles. The molecule has 0 bridgehead atoms. The Labute approximate surface area is 404 Å². The van der Waals surface area contributed by atoms with Crippen LogP contribution in [0.25, 0.3) is 0 Å². The fraction of sp³-hybridized carbons (Fsp3) is 0.864. The van der Waals surface area contributed by atoms with Crippen LogP contribution in [-0.4, -0.2) is 46.9 Å². The van der Waals surface area contributed by atoms with Crippen molar-refractivity contribution in [1.29, 1.82) is 0 Å². The number of amides is 1. The Bertz CT molecular complexity index is 1070. The maximum absolute atomic E-state index is 13.3. The number of aliphatic hydroxyl groups excluding tert-OH is 2. The van der Waals surface area contributed by atoms with E-state index in [1.54, 1.807) is 0 Å². The third-order valence-corrected chi connectivity index (χ3v) is 13.2. The van der Waals surface area contributed by atoms with E-state index in [9.17, 15) is 19.8 Å². The number of esters is 1. The van der Waals surface area contributed by atoms with E-state index in [1.165, 1.54) is 186 Å². The second kappa shape index (κ2) is 53.0. The molecule has 0 aromatic rings. The average Bonchev–Trinajstić information content (AvgIpc) is 3.30. The maximum Gasteiger partial charge on any atom is 0.306 e. The fourth-order valence-corrected chi connectivity index (χ4v) is 8.83. The summed E-state index contributed by atoms with van der Waals surface area (Å²) in [6, 6.07) is -0.708. The summed E-state index contributed by atoms with van der Waals surface area (Å²) in [5, 5.41) is 23.9. The van der Waals surface area contributed by atoms with E-state index in [0.29, 0.717) is 19.3 Å². The number of nitrogens with one attached hydrogen (secondary N) is 1. The average molecular weight is 915 g/mol. The van der Waals surface area contributed by atoms with Crippen LogP contribution in [0.4, 0.5) is 0 Å². The zero-order valence-electron chi connectivity index (χ0n) is 43.6.